The molecule has 0 spiro atoms. The van der Waals surface area contributed by atoms with Gasteiger partial charge in [-0.05, 0) is 29.0 Å². The van der Waals surface area contributed by atoms with Crippen LogP contribution < -0.4 is 4.74 Å². The summed E-state index contributed by atoms with van der Waals surface area (Å²) < 4.78 is 5.17. The van der Waals surface area contributed by atoms with Crippen molar-refractivity contribution >= 4 is 5.78 Å². The fourth-order valence-corrected chi connectivity index (χ4v) is 4.53. The van der Waals surface area contributed by atoms with Crippen molar-refractivity contribution in [3.05, 3.63) is 58.7 Å². The molecule has 2 aliphatic carbocycles. The highest BCUT2D eigenvalue weighted by atomic mass is 16.5. The maximum absolute atomic E-state index is 13.3. The van der Waals surface area contributed by atoms with E-state index >= 15 is 0 Å². The molecule has 24 heavy (non-hydrogen) atoms. The van der Waals surface area contributed by atoms with Gasteiger partial charge in [0.2, 0.25) is 0 Å². The van der Waals surface area contributed by atoms with Crippen LogP contribution in [0.3, 0.4) is 0 Å². The minimum atomic E-state index is -1.56. The van der Waals surface area contributed by atoms with Crippen molar-refractivity contribution < 1.29 is 19.7 Å². The van der Waals surface area contributed by atoms with Gasteiger partial charge in [0, 0.05) is 23.1 Å². The van der Waals surface area contributed by atoms with E-state index in [0.717, 1.165) is 5.56 Å². The molecule has 2 aliphatic rings. The largest absolute Gasteiger partial charge is 0.508 e. The van der Waals surface area contributed by atoms with Crippen molar-refractivity contribution in [3.63, 3.8) is 0 Å². The summed E-state index contributed by atoms with van der Waals surface area (Å²) in [6, 6.07) is 10.7. The van der Waals surface area contributed by atoms with Gasteiger partial charge in [0.15, 0.2) is 11.4 Å². The quantitative estimate of drug-likeness (QED) is 0.846. The van der Waals surface area contributed by atoms with Crippen LogP contribution in [-0.4, -0.2) is 23.1 Å². The Labute approximate surface area is 140 Å². The molecule has 0 heterocycles. The van der Waals surface area contributed by atoms with Gasteiger partial charge in [-0.3, -0.25) is 4.79 Å². The molecule has 4 nitrogen and oxygen atoms in total. The molecule has 0 radical (unpaired) electrons. The Morgan fingerprint density at radius 1 is 1.17 bits per heavy atom. The number of methoxy groups -OCH3 is 1. The number of carbonyl (C=O) groups excluding carboxylic acids is 1. The molecule has 2 aromatic carbocycles. The summed E-state index contributed by atoms with van der Waals surface area (Å²) in [6.45, 7) is 4.10. The number of ketones is 1. The van der Waals surface area contributed by atoms with Crippen LogP contribution in [0.4, 0.5) is 0 Å². The summed E-state index contributed by atoms with van der Waals surface area (Å²) >= 11 is 0. The molecule has 0 bridgehead atoms. The molecule has 0 fully saturated rings. The van der Waals surface area contributed by atoms with Gasteiger partial charge in [-0.25, -0.2) is 0 Å². The first-order valence-corrected chi connectivity index (χ1v) is 8.08. The number of rotatable bonds is 1. The normalized spacial score (nSPS) is 26.5. The summed E-state index contributed by atoms with van der Waals surface area (Å²) in [5.41, 5.74) is 0.675. The number of fused-ring (bicyclic) bond motifs is 4. The standard InChI is InChI=1S/C20H20O4/c1-19(2)14-6-4-5-7-15(14)20(23)17(19)10-12-13(18(20)22)8-11(24-3)9-16(12)21/h4-9,17,21,23H,10H2,1-3H3/t17-,20-/m0/s1. The number of Topliss-reactive ketones (excluding diaryl/α,β-unsaturated/α-hetero) is 1. The van der Waals surface area contributed by atoms with E-state index in [-0.39, 0.29) is 22.9 Å². The van der Waals surface area contributed by atoms with E-state index < -0.39 is 5.60 Å². The second kappa shape index (κ2) is 4.61. The average Bonchev–Trinajstić information content (AvgIpc) is 2.75. The van der Waals surface area contributed by atoms with Crippen LogP contribution in [0.2, 0.25) is 0 Å². The zero-order valence-electron chi connectivity index (χ0n) is 14.0. The fourth-order valence-electron chi connectivity index (χ4n) is 4.53. The molecule has 0 unspecified atom stereocenters. The lowest BCUT2D eigenvalue weighted by Crippen LogP contribution is -2.48. The Balaban J connectivity index is 2.00. The van der Waals surface area contributed by atoms with Crippen LogP contribution in [0.5, 0.6) is 11.5 Å². The van der Waals surface area contributed by atoms with E-state index in [1.165, 1.54) is 13.2 Å². The van der Waals surface area contributed by atoms with Crippen molar-refractivity contribution in [2.75, 3.05) is 7.11 Å². The van der Waals surface area contributed by atoms with Crippen LogP contribution >= 0.6 is 0 Å². The van der Waals surface area contributed by atoms with Crippen molar-refractivity contribution in [2.24, 2.45) is 5.92 Å². The highest BCUT2D eigenvalue weighted by Gasteiger charge is 2.61. The number of aliphatic hydroxyl groups is 1. The van der Waals surface area contributed by atoms with E-state index in [0.29, 0.717) is 28.9 Å². The topological polar surface area (TPSA) is 66.8 Å². The molecule has 0 saturated heterocycles. The molecule has 0 aromatic heterocycles. The van der Waals surface area contributed by atoms with Crippen molar-refractivity contribution in [2.45, 2.75) is 31.3 Å². The first-order chi connectivity index (χ1) is 11.3. The van der Waals surface area contributed by atoms with Gasteiger partial charge < -0.3 is 14.9 Å². The zero-order valence-corrected chi connectivity index (χ0v) is 14.0. The van der Waals surface area contributed by atoms with E-state index in [2.05, 4.69) is 0 Å². The summed E-state index contributed by atoms with van der Waals surface area (Å²) in [6.07, 6.45) is 0.440. The van der Waals surface area contributed by atoms with Gasteiger partial charge in [-0.15, -0.1) is 0 Å². The summed E-state index contributed by atoms with van der Waals surface area (Å²) in [4.78, 5) is 13.3. The van der Waals surface area contributed by atoms with Crippen molar-refractivity contribution in [3.8, 4) is 11.5 Å². The number of aromatic hydroxyl groups is 1. The van der Waals surface area contributed by atoms with E-state index in [4.69, 9.17) is 4.74 Å². The van der Waals surface area contributed by atoms with Crippen LogP contribution in [0.25, 0.3) is 0 Å². The summed E-state index contributed by atoms with van der Waals surface area (Å²) in [7, 11) is 1.49. The molecule has 0 aliphatic heterocycles. The molecule has 4 rings (SSSR count). The number of hydrogen-bond donors (Lipinski definition) is 2. The van der Waals surface area contributed by atoms with Crippen LogP contribution in [0.1, 0.15) is 40.9 Å². The number of phenols is 1. The highest BCUT2D eigenvalue weighted by molar-refractivity contribution is 6.07. The Kier molecular flexibility index (Phi) is 2.92. The predicted octanol–water partition coefficient (Wildman–Crippen LogP) is 2.93. The summed E-state index contributed by atoms with van der Waals surface area (Å²) in [5.74, 6) is -0.221. The molecule has 4 heteroatoms. The minimum Gasteiger partial charge on any atom is -0.508 e. The molecule has 2 N–H and O–H groups in total. The number of carbonyl (C=O) groups is 1. The monoisotopic (exact) mass is 324 g/mol. The molecule has 124 valence electrons. The van der Waals surface area contributed by atoms with Gasteiger partial charge in [-0.2, -0.15) is 0 Å². The van der Waals surface area contributed by atoms with Gasteiger partial charge >= 0.3 is 0 Å². The maximum Gasteiger partial charge on any atom is 0.199 e. The van der Waals surface area contributed by atoms with Crippen LogP contribution in [-0.2, 0) is 17.4 Å². The Hall–Kier alpha value is -2.33. The lowest BCUT2D eigenvalue weighted by Gasteiger charge is -2.40. The van der Waals surface area contributed by atoms with E-state index in [1.807, 2.05) is 38.1 Å². The first kappa shape index (κ1) is 15.2. The molecule has 0 amide bonds. The maximum atomic E-state index is 13.3. The zero-order chi connectivity index (χ0) is 17.3. The third-order valence-corrected chi connectivity index (χ3v) is 5.84. The lowest BCUT2D eigenvalue weighted by molar-refractivity contribution is -0.0181. The van der Waals surface area contributed by atoms with Gasteiger partial charge in [-0.1, -0.05) is 38.1 Å². The first-order valence-electron chi connectivity index (χ1n) is 8.08. The molecular weight excluding hydrogens is 304 g/mol. The third-order valence-electron chi connectivity index (χ3n) is 5.84. The number of phenolic OH excluding ortho intramolecular Hbond substituents is 1. The second-order valence-electron chi connectivity index (χ2n) is 7.29. The average molecular weight is 324 g/mol. The van der Waals surface area contributed by atoms with Crippen molar-refractivity contribution in [1.29, 1.82) is 0 Å². The van der Waals surface area contributed by atoms with Crippen molar-refractivity contribution in [1.82, 2.24) is 0 Å². The van der Waals surface area contributed by atoms with Crippen LogP contribution in [0.15, 0.2) is 36.4 Å². The van der Waals surface area contributed by atoms with Gasteiger partial charge in [0.05, 0.1) is 7.11 Å². The molecule has 2 atom stereocenters. The number of benzene rings is 2. The second-order valence-corrected chi connectivity index (χ2v) is 7.29. The van der Waals surface area contributed by atoms with E-state index in [9.17, 15) is 15.0 Å². The number of hydrogen-bond acceptors (Lipinski definition) is 4. The summed E-state index contributed by atoms with van der Waals surface area (Å²) in [5, 5.41) is 21.9. The van der Waals surface area contributed by atoms with Crippen LogP contribution in [0, 0.1) is 5.92 Å². The minimum absolute atomic E-state index is 0.0477. The predicted molar refractivity (Wildman–Crippen MR) is 89.5 cm³/mol. The lowest BCUT2D eigenvalue weighted by atomic mass is 9.65. The van der Waals surface area contributed by atoms with E-state index in [1.54, 1.807) is 6.07 Å². The SMILES string of the molecule is COc1cc(O)c2c(c1)C(=O)[C@]1(O)c3ccccc3C(C)(C)[C@@H]1C2. The molecular formula is C20H20O4. The Bertz CT molecular complexity index is 868. The Morgan fingerprint density at radius 3 is 2.50 bits per heavy atom. The third kappa shape index (κ3) is 1.64. The van der Waals surface area contributed by atoms with Gasteiger partial charge in [0.25, 0.3) is 0 Å². The fraction of sp³-hybridized carbons (Fsp3) is 0.350. The molecule has 0 saturated carbocycles. The smallest absolute Gasteiger partial charge is 0.199 e. The highest BCUT2D eigenvalue weighted by Crippen LogP contribution is 2.58. The Morgan fingerprint density at radius 2 is 1.83 bits per heavy atom. The van der Waals surface area contributed by atoms with Gasteiger partial charge in [0.1, 0.15) is 11.5 Å². The number of ether oxygens (including phenoxy) is 1. The molecule has 2 aromatic rings.